The second kappa shape index (κ2) is 5.38. The molecule has 2 N–H and O–H groups in total. The minimum Gasteiger partial charge on any atom is -0.464 e. The molecular weight excluding hydrogens is 258 g/mol. The van der Waals surface area contributed by atoms with Crippen molar-refractivity contribution < 1.29 is 4.42 Å². The van der Waals surface area contributed by atoms with E-state index in [-0.39, 0.29) is 11.5 Å². The van der Waals surface area contributed by atoms with E-state index in [0.29, 0.717) is 0 Å². The molecule has 0 amide bonds. The summed E-state index contributed by atoms with van der Waals surface area (Å²) in [6, 6.07) is 18.4. The number of rotatable bonds is 4. The summed E-state index contributed by atoms with van der Waals surface area (Å²) in [5.41, 5.74) is 9.80. The van der Waals surface area contributed by atoms with Crippen LogP contribution in [0.15, 0.2) is 65.3 Å². The van der Waals surface area contributed by atoms with Gasteiger partial charge in [-0.15, -0.1) is 0 Å². The Balaban J connectivity index is 1.89. The van der Waals surface area contributed by atoms with Crippen LogP contribution >= 0.6 is 0 Å². The van der Waals surface area contributed by atoms with Crippen LogP contribution in [0.4, 0.5) is 0 Å². The monoisotopic (exact) mass is 279 g/mol. The Kier molecular flexibility index (Phi) is 3.56. The molecule has 0 aliphatic carbocycles. The first-order valence-electron chi connectivity index (χ1n) is 7.33. The van der Waals surface area contributed by atoms with Crippen LogP contribution in [0.2, 0.25) is 0 Å². The molecule has 3 aromatic rings. The molecule has 0 radical (unpaired) electrons. The van der Waals surface area contributed by atoms with E-state index in [9.17, 15) is 0 Å². The summed E-state index contributed by atoms with van der Waals surface area (Å²) in [6.45, 7) is 4.43. The van der Waals surface area contributed by atoms with Gasteiger partial charge < -0.3 is 10.2 Å². The number of benzene rings is 2. The Morgan fingerprint density at radius 3 is 2.43 bits per heavy atom. The Labute approximate surface area is 125 Å². The smallest absolute Gasteiger partial charge is 0.134 e. The van der Waals surface area contributed by atoms with E-state index in [4.69, 9.17) is 10.2 Å². The molecule has 0 aliphatic rings. The lowest BCUT2D eigenvalue weighted by Gasteiger charge is -2.31. The molecule has 0 saturated carbocycles. The second-order valence-electron chi connectivity index (χ2n) is 6.31. The zero-order chi connectivity index (χ0) is 14.9. The van der Waals surface area contributed by atoms with Crippen LogP contribution in [-0.4, -0.2) is 0 Å². The summed E-state index contributed by atoms with van der Waals surface area (Å²) in [7, 11) is 0. The van der Waals surface area contributed by atoms with Crippen LogP contribution in [0.1, 0.15) is 31.0 Å². The lowest BCUT2D eigenvalue weighted by atomic mass is 9.76. The second-order valence-corrected chi connectivity index (χ2v) is 6.31. The van der Waals surface area contributed by atoms with Crippen molar-refractivity contribution in [1.29, 1.82) is 0 Å². The minimum atomic E-state index is -0.0476. The summed E-state index contributed by atoms with van der Waals surface area (Å²) in [6.07, 6.45) is 2.75. The predicted molar refractivity (Wildman–Crippen MR) is 87.1 cm³/mol. The molecule has 1 heterocycles. The number of furan rings is 1. The summed E-state index contributed by atoms with van der Waals surface area (Å²) in [5.74, 6) is 0. The molecule has 0 aliphatic heterocycles. The van der Waals surface area contributed by atoms with E-state index in [1.807, 2.05) is 42.7 Å². The molecule has 2 aromatic carbocycles. The number of hydrogen-bond donors (Lipinski definition) is 1. The van der Waals surface area contributed by atoms with Crippen LogP contribution < -0.4 is 5.73 Å². The van der Waals surface area contributed by atoms with Crippen molar-refractivity contribution >= 4 is 11.0 Å². The van der Waals surface area contributed by atoms with Gasteiger partial charge in [-0.2, -0.15) is 0 Å². The van der Waals surface area contributed by atoms with Gasteiger partial charge in [0.1, 0.15) is 5.58 Å². The van der Waals surface area contributed by atoms with Crippen molar-refractivity contribution in [1.82, 2.24) is 0 Å². The molecule has 2 heteroatoms. The third-order valence-corrected chi connectivity index (χ3v) is 4.21. The molecule has 0 saturated heterocycles. The minimum absolute atomic E-state index is 0.00707. The van der Waals surface area contributed by atoms with Crippen molar-refractivity contribution in [2.45, 2.75) is 26.3 Å². The first-order chi connectivity index (χ1) is 10.1. The highest BCUT2D eigenvalue weighted by atomic mass is 16.3. The van der Waals surface area contributed by atoms with Gasteiger partial charge in [0, 0.05) is 11.4 Å². The summed E-state index contributed by atoms with van der Waals surface area (Å²) < 4.78 is 5.64. The number of nitrogens with two attached hydrogens (primary N) is 1. The number of hydrogen-bond acceptors (Lipinski definition) is 2. The molecule has 0 spiro atoms. The highest BCUT2D eigenvalue weighted by molar-refractivity contribution is 5.80. The van der Waals surface area contributed by atoms with Crippen LogP contribution in [0.5, 0.6) is 0 Å². The largest absolute Gasteiger partial charge is 0.464 e. The van der Waals surface area contributed by atoms with Gasteiger partial charge >= 0.3 is 0 Å². The van der Waals surface area contributed by atoms with Gasteiger partial charge in [-0.1, -0.05) is 62.4 Å². The predicted octanol–water partition coefficient (Wildman–Crippen LogP) is 4.70. The molecule has 108 valence electrons. The van der Waals surface area contributed by atoms with Gasteiger partial charge in [-0.25, -0.2) is 0 Å². The quantitative estimate of drug-likeness (QED) is 0.751. The van der Waals surface area contributed by atoms with Crippen molar-refractivity contribution in [2.24, 2.45) is 11.1 Å². The van der Waals surface area contributed by atoms with Gasteiger partial charge in [-0.05, 0) is 29.0 Å². The molecule has 1 unspecified atom stereocenters. The fourth-order valence-electron chi connectivity index (χ4n) is 2.88. The molecular formula is C19H21NO. The number of para-hydroxylation sites is 1. The lowest BCUT2D eigenvalue weighted by molar-refractivity contribution is 0.287. The average molecular weight is 279 g/mol. The summed E-state index contributed by atoms with van der Waals surface area (Å²) >= 11 is 0. The first-order valence-corrected chi connectivity index (χ1v) is 7.33. The van der Waals surface area contributed by atoms with Crippen molar-refractivity contribution in [3.8, 4) is 0 Å². The first kappa shape index (κ1) is 13.9. The normalized spacial score (nSPS) is 13.5. The molecule has 0 bridgehead atoms. The summed E-state index contributed by atoms with van der Waals surface area (Å²) in [5, 5.41) is 1.19. The Morgan fingerprint density at radius 1 is 1.00 bits per heavy atom. The maximum atomic E-state index is 6.50. The third kappa shape index (κ3) is 2.72. The fourth-order valence-corrected chi connectivity index (χ4v) is 2.88. The highest BCUT2D eigenvalue weighted by Crippen LogP contribution is 2.36. The van der Waals surface area contributed by atoms with Gasteiger partial charge in [0.2, 0.25) is 0 Å². The average Bonchev–Trinajstić information content (AvgIpc) is 2.90. The SMILES string of the molecule is CC(C)(Cc1coc2ccccc12)C(N)c1ccccc1. The van der Waals surface area contributed by atoms with Crippen molar-refractivity contribution in [3.63, 3.8) is 0 Å². The zero-order valence-corrected chi connectivity index (χ0v) is 12.5. The maximum Gasteiger partial charge on any atom is 0.134 e. The van der Waals surface area contributed by atoms with E-state index in [2.05, 4.69) is 32.0 Å². The van der Waals surface area contributed by atoms with Crippen LogP contribution in [0.3, 0.4) is 0 Å². The Morgan fingerprint density at radius 2 is 1.67 bits per heavy atom. The lowest BCUT2D eigenvalue weighted by Crippen LogP contribution is -2.31. The van der Waals surface area contributed by atoms with Crippen LogP contribution in [-0.2, 0) is 6.42 Å². The van der Waals surface area contributed by atoms with Crippen molar-refractivity contribution in [2.75, 3.05) is 0 Å². The Hall–Kier alpha value is -2.06. The van der Waals surface area contributed by atoms with Crippen molar-refractivity contribution in [3.05, 3.63) is 72.0 Å². The van der Waals surface area contributed by atoms with E-state index in [0.717, 1.165) is 12.0 Å². The third-order valence-electron chi connectivity index (χ3n) is 4.21. The summed E-state index contributed by atoms with van der Waals surface area (Å²) in [4.78, 5) is 0. The molecule has 21 heavy (non-hydrogen) atoms. The van der Waals surface area contributed by atoms with Gasteiger partial charge in [0.25, 0.3) is 0 Å². The van der Waals surface area contributed by atoms with Crippen LogP contribution in [0.25, 0.3) is 11.0 Å². The van der Waals surface area contributed by atoms with Crippen LogP contribution in [0, 0.1) is 5.41 Å². The molecule has 2 nitrogen and oxygen atoms in total. The van der Waals surface area contributed by atoms with Gasteiger partial charge in [-0.3, -0.25) is 0 Å². The van der Waals surface area contributed by atoms with Gasteiger partial charge in [0.15, 0.2) is 0 Å². The topological polar surface area (TPSA) is 39.2 Å². The van der Waals surface area contributed by atoms with Gasteiger partial charge in [0.05, 0.1) is 6.26 Å². The number of fused-ring (bicyclic) bond motifs is 1. The molecule has 3 rings (SSSR count). The molecule has 0 fully saturated rings. The van der Waals surface area contributed by atoms with E-state index in [1.165, 1.54) is 16.5 Å². The van der Waals surface area contributed by atoms with E-state index < -0.39 is 0 Å². The fraction of sp³-hybridized carbons (Fsp3) is 0.263. The zero-order valence-electron chi connectivity index (χ0n) is 12.5. The molecule has 1 aromatic heterocycles. The van der Waals surface area contributed by atoms with E-state index >= 15 is 0 Å². The highest BCUT2D eigenvalue weighted by Gasteiger charge is 2.29. The Bertz CT molecular complexity index is 727. The maximum absolute atomic E-state index is 6.50. The molecule has 1 atom stereocenters. The van der Waals surface area contributed by atoms with E-state index in [1.54, 1.807) is 0 Å². The standard InChI is InChI=1S/C19H21NO/c1-19(2,18(20)14-8-4-3-5-9-14)12-15-13-21-17-11-7-6-10-16(15)17/h3-11,13,18H,12,20H2,1-2H3.